The number of aryl methyl sites for hydroxylation is 5. The van der Waals surface area contributed by atoms with Crippen molar-refractivity contribution in [3.05, 3.63) is 47.1 Å². The first-order valence-corrected chi connectivity index (χ1v) is 9.00. The summed E-state index contributed by atoms with van der Waals surface area (Å²) in [7, 11) is 0. The molecule has 6 heteroatoms. The van der Waals surface area contributed by atoms with Crippen LogP contribution in [0.4, 0.5) is 5.82 Å². The molecule has 4 rings (SSSR count). The molecule has 0 aromatic carbocycles. The van der Waals surface area contributed by atoms with Gasteiger partial charge < -0.3 is 4.90 Å². The zero-order valence-corrected chi connectivity index (χ0v) is 15.2. The Balaban J connectivity index is 1.70. The molecule has 4 heterocycles. The van der Waals surface area contributed by atoms with Crippen molar-refractivity contribution in [3.8, 4) is 0 Å². The summed E-state index contributed by atoms with van der Waals surface area (Å²) in [6.45, 7) is 8.26. The fourth-order valence-electron chi connectivity index (χ4n) is 3.71. The predicted molar refractivity (Wildman–Crippen MR) is 98.1 cm³/mol. The first kappa shape index (κ1) is 16.0. The molecule has 1 aliphatic heterocycles. The number of aromatic nitrogens is 5. The van der Waals surface area contributed by atoms with Crippen LogP contribution in [0, 0.1) is 20.8 Å². The van der Waals surface area contributed by atoms with Gasteiger partial charge in [-0.15, -0.1) is 0 Å². The van der Waals surface area contributed by atoms with Crippen molar-refractivity contribution < 1.29 is 0 Å². The number of fused-ring (bicyclic) bond motifs is 1. The van der Waals surface area contributed by atoms with Crippen molar-refractivity contribution in [2.45, 2.75) is 46.5 Å². The van der Waals surface area contributed by atoms with Crippen LogP contribution < -0.4 is 4.90 Å². The molecular formula is C19H24N6. The van der Waals surface area contributed by atoms with Crippen LogP contribution in [0.5, 0.6) is 0 Å². The molecule has 3 aromatic rings. The minimum absolute atomic E-state index is 0.805. The van der Waals surface area contributed by atoms with Crippen LogP contribution in [-0.2, 0) is 12.8 Å². The maximum atomic E-state index is 4.92. The second-order valence-electron chi connectivity index (χ2n) is 6.85. The van der Waals surface area contributed by atoms with Gasteiger partial charge in [-0.25, -0.2) is 15.0 Å². The molecule has 0 bridgehead atoms. The third-order valence-electron chi connectivity index (χ3n) is 4.78. The van der Waals surface area contributed by atoms with Gasteiger partial charge in [0, 0.05) is 49.7 Å². The average molecular weight is 336 g/mol. The molecule has 0 aliphatic carbocycles. The third-order valence-corrected chi connectivity index (χ3v) is 4.78. The van der Waals surface area contributed by atoms with E-state index in [0.717, 1.165) is 60.2 Å². The fourth-order valence-corrected chi connectivity index (χ4v) is 3.71. The Hall–Kier alpha value is -2.50. The van der Waals surface area contributed by atoms with E-state index < -0.39 is 0 Å². The Morgan fingerprint density at radius 2 is 1.68 bits per heavy atom. The second kappa shape index (κ2) is 6.43. The van der Waals surface area contributed by atoms with Crippen LogP contribution in [0.3, 0.4) is 0 Å². The lowest BCUT2D eigenvalue weighted by atomic mass is 10.2. The van der Waals surface area contributed by atoms with Crippen LogP contribution in [0.15, 0.2) is 18.5 Å². The van der Waals surface area contributed by atoms with E-state index in [0.29, 0.717) is 0 Å². The van der Waals surface area contributed by atoms with Crippen molar-refractivity contribution in [2.24, 2.45) is 0 Å². The number of anilines is 1. The molecule has 0 amide bonds. The molecule has 130 valence electrons. The van der Waals surface area contributed by atoms with Crippen LogP contribution in [-0.4, -0.2) is 37.4 Å². The van der Waals surface area contributed by atoms with E-state index in [2.05, 4.69) is 24.3 Å². The molecule has 1 saturated heterocycles. The SMILES string of the molecule is Cc1cc(C)nc(CCc2nc3c(C)nccn3c2N2CCCC2)n1. The van der Waals surface area contributed by atoms with Gasteiger partial charge in [-0.05, 0) is 39.7 Å². The third kappa shape index (κ3) is 3.08. The van der Waals surface area contributed by atoms with Crippen molar-refractivity contribution in [1.29, 1.82) is 0 Å². The van der Waals surface area contributed by atoms with Crippen LogP contribution in [0.25, 0.3) is 5.65 Å². The van der Waals surface area contributed by atoms with Crippen LogP contribution in [0.2, 0.25) is 0 Å². The Kier molecular flexibility index (Phi) is 4.11. The summed E-state index contributed by atoms with van der Waals surface area (Å²) in [5.41, 5.74) is 5.10. The van der Waals surface area contributed by atoms with E-state index >= 15 is 0 Å². The van der Waals surface area contributed by atoms with Crippen LogP contribution in [0.1, 0.15) is 41.4 Å². The second-order valence-corrected chi connectivity index (χ2v) is 6.85. The normalized spacial score (nSPS) is 14.6. The zero-order chi connectivity index (χ0) is 17.4. The molecule has 0 atom stereocenters. The van der Waals surface area contributed by atoms with Gasteiger partial charge in [0.2, 0.25) is 0 Å². The molecule has 0 spiro atoms. The smallest absolute Gasteiger partial charge is 0.160 e. The summed E-state index contributed by atoms with van der Waals surface area (Å²) >= 11 is 0. The van der Waals surface area contributed by atoms with Gasteiger partial charge in [-0.3, -0.25) is 9.38 Å². The maximum Gasteiger partial charge on any atom is 0.160 e. The Bertz CT molecular complexity index is 887. The summed E-state index contributed by atoms with van der Waals surface area (Å²) in [6.07, 6.45) is 8.03. The maximum absolute atomic E-state index is 4.92. The highest BCUT2D eigenvalue weighted by Gasteiger charge is 2.22. The first-order chi connectivity index (χ1) is 12.1. The molecule has 1 aliphatic rings. The van der Waals surface area contributed by atoms with Gasteiger partial charge in [0.1, 0.15) is 11.6 Å². The van der Waals surface area contributed by atoms with Gasteiger partial charge in [0.15, 0.2) is 5.65 Å². The number of imidazole rings is 1. The number of hydrogen-bond acceptors (Lipinski definition) is 5. The highest BCUT2D eigenvalue weighted by atomic mass is 15.3. The summed E-state index contributed by atoms with van der Waals surface area (Å²) in [4.78, 5) is 20.9. The number of hydrogen-bond donors (Lipinski definition) is 0. The number of nitrogens with zero attached hydrogens (tertiary/aromatic N) is 6. The Morgan fingerprint density at radius 3 is 2.40 bits per heavy atom. The van der Waals surface area contributed by atoms with E-state index in [9.17, 15) is 0 Å². The van der Waals surface area contributed by atoms with Crippen molar-refractivity contribution in [1.82, 2.24) is 24.3 Å². The minimum atomic E-state index is 0.805. The lowest BCUT2D eigenvalue weighted by molar-refractivity contribution is 0.812. The fraction of sp³-hybridized carbons (Fsp3) is 0.474. The molecule has 6 nitrogen and oxygen atoms in total. The molecular weight excluding hydrogens is 312 g/mol. The average Bonchev–Trinajstić information content (AvgIpc) is 3.19. The standard InChI is InChI=1S/C19H24N6/c1-13-12-14(2)22-17(21-13)7-6-16-19(24-9-4-5-10-24)25-11-8-20-15(3)18(25)23-16/h8,11-12H,4-7,9-10H2,1-3H3. The molecule has 3 aromatic heterocycles. The lowest BCUT2D eigenvalue weighted by Gasteiger charge is -2.18. The quantitative estimate of drug-likeness (QED) is 0.733. The summed E-state index contributed by atoms with van der Waals surface area (Å²) in [6, 6.07) is 2.01. The van der Waals surface area contributed by atoms with E-state index in [1.165, 1.54) is 18.7 Å². The highest BCUT2D eigenvalue weighted by molar-refractivity contribution is 5.59. The Morgan fingerprint density at radius 1 is 0.960 bits per heavy atom. The first-order valence-electron chi connectivity index (χ1n) is 9.00. The van der Waals surface area contributed by atoms with E-state index in [1.807, 2.05) is 39.2 Å². The molecule has 1 fully saturated rings. The molecule has 0 N–H and O–H groups in total. The largest absolute Gasteiger partial charge is 0.356 e. The van der Waals surface area contributed by atoms with Crippen molar-refractivity contribution in [2.75, 3.05) is 18.0 Å². The van der Waals surface area contributed by atoms with Gasteiger partial charge in [-0.2, -0.15) is 0 Å². The van der Waals surface area contributed by atoms with Gasteiger partial charge in [-0.1, -0.05) is 0 Å². The number of rotatable bonds is 4. The zero-order valence-electron chi connectivity index (χ0n) is 15.2. The summed E-state index contributed by atoms with van der Waals surface area (Å²) in [5.74, 6) is 2.12. The van der Waals surface area contributed by atoms with E-state index in [4.69, 9.17) is 4.98 Å². The molecule has 0 radical (unpaired) electrons. The van der Waals surface area contributed by atoms with Crippen LogP contribution >= 0.6 is 0 Å². The monoisotopic (exact) mass is 336 g/mol. The van der Waals surface area contributed by atoms with Crippen molar-refractivity contribution in [3.63, 3.8) is 0 Å². The van der Waals surface area contributed by atoms with Gasteiger partial charge >= 0.3 is 0 Å². The summed E-state index contributed by atoms with van der Waals surface area (Å²) in [5, 5.41) is 0. The van der Waals surface area contributed by atoms with E-state index in [-0.39, 0.29) is 0 Å². The lowest BCUT2D eigenvalue weighted by Crippen LogP contribution is -2.21. The highest BCUT2D eigenvalue weighted by Crippen LogP contribution is 2.27. The summed E-state index contributed by atoms with van der Waals surface area (Å²) < 4.78 is 2.20. The predicted octanol–water partition coefficient (Wildman–Crippen LogP) is 2.83. The van der Waals surface area contributed by atoms with E-state index in [1.54, 1.807) is 0 Å². The molecule has 25 heavy (non-hydrogen) atoms. The minimum Gasteiger partial charge on any atom is -0.356 e. The Labute approximate surface area is 148 Å². The molecule has 0 unspecified atom stereocenters. The van der Waals surface area contributed by atoms with Crippen molar-refractivity contribution >= 4 is 11.5 Å². The molecule has 0 saturated carbocycles. The van der Waals surface area contributed by atoms with Gasteiger partial charge in [0.05, 0.1) is 11.4 Å². The van der Waals surface area contributed by atoms with Gasteiger partial charge in [0.25, 0.3) is 0 Å². The topological polar surface area (TPSA) is 59.2 Å².